The van der Waals surface area contributed by atoms with Gasteiger partial charge in [0.1, 0.15) is 0 Å². The van der Waals surface area contributed by atoms with E-state index in [2.05, 4.69) is 46.5 Å². The molecule has 1 rings (SSSR count). The zero-order valence-electron chi connectivity index (χ0n) is 10.0. The first-order chi connectivity index (χ1) is 7.50. The average molecular weight is 306 g/mol. The number of rotatable bonds is 6. The molecule has 2 nitrogen and oxygen atoms in total. The first-order valence-corrected chi connectivity index (χ1v) is 7.32. The summed E-state index contributed by atoms with van der Waals surface area (Å²) in [5.74, 6) is 0.501. The molecular formula is C12H20BrNOS. The predicted molar refractivity (Wildman–Crippen MR) is 73.9 cm³/mol. The Hall–Kier alpha value is 0.100. The molecule has 16 heavy (non-hydrogen) atoms. The molecule has 92 valence electrons. The molecule has 4 heteroatoms. The highest BCUT2D eigenvalue weighted by molar-refractivity contribution is 9.10. The molecule has 0 aromatic carbocycles. The van der Waals surface area contributed by atoms with E-state index < -0.39 is 0 Å². The fourth-order valence-corrected chi connectivity index (χ4v) is 3.50. The van der Waals surface area contributed by atoms with Crippen molar-refractivity contribution in [3.05, 3.63) is 20.8 Å². The molecular weight excluding hydrogens is 286 g/mol. The lowest BCUT2D eigenvalue weighted by molar-refractivity contribution is 0.162. The second kappa shape index (κ2) is 6.74. The highest BCUT2D eigenvalue weighted by atomic mass is 79.9. The summed E-state index contributed by atoms with van der Waals surface area (Å²) >= 11 is 5.31. The first-order valence-electron chi connectivity index (χ1n) is 5.65. The van der Waals surface area contributed by atoms with Crippen LogP contribution in [0.1, 0.15) is 38.1 Å². The van der Waals surface area contributed by atoms with Crippen molar-refractivity contribution in [2.24, 2.45) is 5.92 Å². The Balaban J connectivity index is 2.35. The standard InChI is InChI=1S/C12H20BrNOS/c1-8(6-9(2)15)7-14-10(3)12-11(13)4-5-16-12/h4-5,8-10,14-15H,6-7H2,1-3H3. The Bertz CT molecular complexity index is 314. The molecule has 0 saturated heterocycles. The van der Waals surface area contributed by atoms with Crippen LogP contribution in [-0.2, 0) is 0 Å². The number of nitrogens with one attached hydrogen (secondary N) is 1. The highest BCUT2D eigenvalue weighted by Crippen LogP contribution is 2.28. The molecule has 1 aromatic rings. The fourth-order valence-electron chi connectivity index (χ4n) is 1.75. The Morgan fingerprint density at radius 2 is 2.12 bits per heavy atom. The van der Waals surface area contributed by atoms with E-state index in [-0.39, 0.29) is 6.10 Å². The van der Waals surface area contributed by atoms with E-state index in [0.29, 0.717) is 12.0 Å². The zero-order valence-corrected chi connectivity index (χ0v) is 12.4. The van der Waals surface area contributed by atoms with Gasteiger partial charge < -0.3 is 10.4 Å². The molecule has 0 saturated carbocycles. The number of aliphatic hydroxyl groups is 1. The summed E-state index contributed by atoms with van der Waals surface area (Å²) in [6.45, 7) is 7.12. The van der Waals surface area contributed by atoms with Gasteiger partial charge in [0.2, 0.25) is 0 Å². The minimum absolute atomic E-state index is 0.208. The molecule has 3 atom stereocenters. The van der Waals surface area contributed by atoms with Crippen molar-refractivity contribution in [3.63, 3.8) is 0 Å². The van der Waals surface area contributed by atoms with Crippen molar-refractivity contribution in [3.8, 4) is 0 Å². The van der Waals surface area contributed by atoms with Crippen LogP contribution in [0.3, 0.4) is 0 Å². The lowest BCUT2D eigenvalue weighted by atomic mass is 10.0. The summed E-state index contributed by atoms with van der Waals surface area (Å²) in [7, 11) is 0. The third kappa shape index (κ3) is 4.53. The predicted octanol–water partition coefficient (Wildman–Crippen LogP) is 3.57. The van der Waals surface area contributed by atoms with Crippen molar-refractivity contribution in [1.82, 2.24) is 5.32 Å². The topological polar surface area (TPSA) is 32.3 Å². The molecule has 0 fully saturated rings. The maximum atomic E-state index is 9.28. The molecule has 0 aliphatic carbocycles. The number of thiophene rings is 1. The smallest absolute Gasteiger partial charge is 0.0515 e. The first kappa shape index (κ1) is 14.2. The van der Waals surface area contributed by atoms with Gasteiger partial charge in [0, 0.05) is 15.4 Å². The molecule has 0 radical (unpaired) electrons. The Morgan fingerprint density at radius 1 is 1.44 bits per heavy atom. The van der Waals surface area contributed by atoms with Gasteiger partial charge in [-0.3, -0.25) is 0 Å². The van der Waals surface area contributed by atoms with Crippen LogP contribution in [0.2, 0.25) is 0 Å². The van der Waals surface area contributed by atoms with Crippen LogP contribution >= 0.6 is 27.3 Å². The largest absolute Gasteiger partial charge is 0.393 e. The van der Waals surface area contributed by atoms with E-state index >= 15 is 0 Å². The highest BCUT2D eigenvalue weighted by Gasteiger charge is 2.12. The molecule has 1 aromatic heterocycles. The molecule has 1 heterocycles. The van der Waals surface area contributed by atoms with E-state index in [1.54, 1.807) is 11.3 Å². The summed E-state index contributed by atoms with van der Waals surface area (Å²) in [5, 5.41) is 14.9. The van der Waals surface area contributed by atoms with E-state index in [1.165, 1.54) is 9.35 Å². The number of halogens is 1. The molecule has 0 aliphatic rings. The number of hydrogen-bond acceptors (Lipinski definition) is 3. The van der Waals surface area contributed by atoms with Crippen LogP contribution in [0.5, 0.6) is 0 Å². The van der Waals surface area contributed by atoms with Gasteiger partial charge in [-0.05, 0) is 60.1 Å². The maximum absolute atomic E-state index is 9.28. The quantitative estimate of drug-likeness (QED) is 0.842. The van der Waals surface area contributed by atoms with Gasteiger partial charge in [0.15, 0.2) is 0 Å². The van der Waals surface area contributed by atoms with Gasteiger partial charge in [-0.15, -0.1) is 11.3 Å². The van der Waals surface area contributed by atoms with Gasteiger partial charge >= 0.3 is 0 Å². The van der Waals surface area contributed by atoms with Crippen LogP contribution in [0.15, 0.2) is 15.9 Å². The summed E-state index contributed by atoms with van der Waals surface area (Å²) in [5.41, 5.74) is 0. The molecule has 0 spiro atoms. The fraction of sp³-hybridized carbons (Fsp3) is 0.667. The molecule has 3 unspecified atom stereocenters. The van der Waals surface area contributed by atoms with E-state index in [4.69, 9.17) is 0 Å². The Kier molecular flexibility index (Phi) is 5.97. The van der Waals surface area contributed by atoms with Crippen molar-refractivity contribution in [2.45, 2.75) is 39.3 Å². The second-order valence-corrected chi connectivity index (χ2v) is 6.25. The minimum Gasteiger partial charge on any atom is -0.393 e. The minimum atomic E-state index is -0.208. The zero-order chi connectivity index (χ0) is 12.1. The lowest BCUT2D eigenvalue weighted by Crippen LogP contribution is -2.25. The van der Waals surface area contributed by atoms with Gasteiger partial charge in [-0.1, -0.05) is 6.92 Å². The third-order valence-electron chi connectivity index (χ3n) is 2.55. The van der Waals surface area contributed by atoms with E-state index in [9.17, 15) is 5.11 Å². The lowest BCUT2D eigenvalue weighted by Gasteiger charge is -2.18. The van der Waals surface area contributed by atoms with Gasteiger partial charge in [-0.2, -0.15) is 0 Å². The molecule has 0 aliphatic heterocycles. The van der Waals surface area contributed by atoms with Gasteiger partial charge in [0.25, 0.3) is 0 Å². The normalized spacial score (nSPS) is 17.1. The average Bonchev–Trinajstić information content (AvgIpc) is 2.60. The van der Waals surface area contributed by atoms with Crippen LogP contribution < -0.4 is 5.32 Å². The van der Waals surface area contributed by atoms with Crippen LogP contribution in [-0.4, -0.2) is 17.8 Å². The molecule has 2 N–H and O–H groups in total. The molecule has 0 amide bonds. The van der Waals surface area contributed by atoms with Crippen molar-refractivity contribution in [2.75, 3.05) is 6.54 Å². The van der Waals surface area contributed by atoms with Gasteiger partial charge in [0.05, 0.1) is 6.10 Å². The SMILES string of the molecule is CC(O)CC(C)CNC(C)c1sccc1Br. The maximum Gasteiger partial charge on any atom is 0.0515 e. The van der Waals surface area contributed by atoms with E-state index in [0.717, 1.165) is 13.0 Å². The molecule has 0 bridgehead atoms. The Morgan fingerprint density at radius 3 is 2.62 bits per heavy atom. The van der Waals surface area contributed by atoms with Crippen molar-refractivity contribution < 1.29 is 5.11 Å². The van der Waals surface area contributed by atoms with E-state index in [1.807, 2.05) is 6.92 Å². The number of hydrogen-bond donors (Lipinski definition) is 2. The van der Waals surface area contributed by atoms with Crippen molar-refractivity contribution >= 4 is 27.3 Å². The van der Waals surface area contributed by atoms with Crippen LogP contribution in [0.4, 0.5) is 0 Å². The van der Waals surface area contributed by atoms with Gasteiger partial charge in [-0.25, -0.2) is 0 Å². The second-order valence-electron chi connectivity index (χ2n) is 4.45. The summed E-state index contributed by atoms with van der Waals surface area (Å²) in [6.07, 6.45) is 0.645. The number of aliphatic hydroxyl groups excluding tert-OH is 1. The third-order valence-corrected chi connectivity index (χ3v) is 4.61. The monoisotopic (exact) mass is 305 g/mol. The van der Waals surface area contributed by atoms with Crippen molar-refractivity contribution in [1.29, 1.82) is 0 Å². The summed E-state index contributed by atoms with van der Waals surface area (Å²) < 4.78 is 1.18. The Labute approximate surface area is 110 Å². The van der Waals surface area contributed by atoms with Crippen LogP contribution in [0.25, 0.3) is 0 Å². The summed E-state index contributed by atoms with van der Waals surface area (Å²) in [4.78, 5) is 1.34. The summed E-state index contributed by atoms with van der Waals surface area (Å²) in [6, 6.07) is 2.45. The van der Waals surface area contributed by atoms with Crippen LogP contribution in [0, 0.1) is 5.92 Å².